The molecular formula is C13H11BrFN5. The quantitative estimate of drug-likeness (QED) is 0.799. The molecule has 5 nitrogen and oxygen atoms in total. The topological polar surface area (TPSA) is 55.1 Å². The molecule has 3 aromatic rings. The molecule has 0 saturated heterocycles. The fraction of sp³-hybridized carbons (Fsp3) is 0.154. The number of halogens is 2. The molecule has 0 amide bonds. The van der Waals surface area contributed by atoms with Crippen LogP contribution in [0.15, 0.2) is 35.1 Å². The molecule has 0 atom stereocenters. The lowest BCUT2D eigenvalue weighted by Gasteiger charge is -2.10. The number of rotatable bonds is 3. The molecule has 0 spiro atoms. The van der Waals surface area contributed by atoms with Gasteiger partial charge in [-0.1, -0.05) is 15.9 Å². The first-order valence-corrected chi connectivity index (χ1v) is 6.78. The van der Waals surface area contributed by atoms with E-state index in [0.717, 1.165) is 21.5 Å². The van der Waals surface area contributed by atoms with Crippen LogP contribution in [-0.4, -0.2) is 19.6 Å². The molecule has 0 saturated carbocycles. The van der Waals surface area contributed by atoms with Gasteiger partial charge in [-0.3, -0.25) is 0 Å². The summed E-state index contributed by atoms with van der Waals surface area (Å²) >= 11 is 3.41. The zero-order valence-electron chi connectivity index (χ0n) is 10.6. The number of aromatic nitrogens is 4. The predicted molar refractivity (Wildman–Crippen MR) is 76.9 cm³/mol. The van der Waals surface area contributed by atoms with Gasteiger partial charge in [0.25, 0.3) is 5.78 Å². The summed E-state index contributed by atoms with van der Waals surface area (Å²) < 4.78 is 15.7. The molecule has 2 aromatic heterocycles. The van der Waals surface area contributed by atoms with Gasteiger partial charge in [0.15, 0.2) is 0 Å². The summed E-state index contributed by atoms with van der Waals surface area (Å²) in [6.45, 7) is 2.36. The van der Waals surface area contributed by atoms with Crippen molar-refractivity contribution in [3.8, 4) is 0 Å². The summed E-state index contributed by atoms with van der Waals surface area (Å²) in [6, 6.07) is 6.47. The maximum atomic E-state index is 13.3. The van der Waals surface area contributed by atoms with E-state index in [0.29, 0.717) is 12.3 Å². The molecule has 1 N–H and O–H groups in total. The van der Waals surface area contributed by atoms with E-state index in [2.05, 4.69) is 36.3 Å². The normalized spacial score (nSPS) is 10.9. The summed E-state index contributed by atoms with van der Waals surface area (Å²) in [4.78, 5) is 8.32. The van der Waals surface area contributed by atoms with Gasteiger partial charge in [-0.05, 0) is 30.7 Å². The first kappa shape index (κ1) is 13.0. The van der Waals surface area contributed by atoms with Crippen LogP contribution in [-0.2, 0) is 6.54 Å². The second-order valence-electron chi connectivity index (χ2n) is 4.34. The summed E-state index contributed by atoms with van der Waals surface area (Å²) in [5.74, 6) is 1.04. The van der Waals surface area contributed by atoms with Gasteiger partial charge >= 0.3 is 0 Å². The second-order valence-corrected chi connectivity index (χ2v) is 5.20. The molecule has 2 heterocycles. The maximum absolute atomic E-state index is 13.3. The Balaban J connectivity index is 1.90. The van der Waals surface area contributed by atoms with Crippen LogP contribution in [0.2, 0.25) is 0 Å². The summed E-state index contributed by atoms with van der Waals surface area (Å²) in [5, 5.41) is 7.33. The van der Waals surface area contributed by atoms with E-state index in [9.17, 15) is 4.39 Å². The van der Waals surface area contributed by atoms with Crippen LogP contribution in [0.3, 0.4) is 0 Å². The minimum Gasteiger partial charge on any atom is -0.366 e. The van der Waals surface area contributed by atoms with E-state index in [1.165, 1.54) is 18.5 Å². The Bertz CT molecular complexity index is 771. The third-order valence-corrected chi connectivity index (χ3v) is 3.62. The van der Waals surface area contributed by atoms with E-state index < -0.39 is 0 Å². The minimum atomic E-state index is -0.262. The van der Waals surface area contributed by atoms with Crippen molar-refractivity contribution in [2.45, 2.75) is 13.5 Å². The Hall–Kier alpha value is -2.02. The predicted octanol–water partition coefficient (Wildman–Crippen LogP) is 2.95. The number of fused-ring (bicyclic) bond motifs is 1. The van der Waals surface area contributed by atoms with Crippen molar-refractivity contribution in [3.63, 3.8) is 0 Å². The largest absolute Gasteiger partial charge is 0.366 e. The number of aryl methyl sites for hydroxylation is 1. The highest BCUT2D eigenvalue weighted by Gasteiger charge is 2.07. The average molecular weight is 336 g/mol. The van der Waals surface area contributed by atoms with E-state index in [4.69, 9.17) is 0 Å². The zero-order valence-corrected chi connectivity index (χ0v) is 12.2. The Labute approximate surface area is 123 Å². The number of hydrogen-bond acceptors (Lipinski definition) is 4. The standard InChI is InChI=1S/C13H11BrFN5/c1-8-4-12(20-13(19-8)17-7-18-20)16-6-9-5-10(15)2-3-11(9)14/h2-5,7,16H,6H2,1H3. The molecule has 102 valence electrons. The molecule has 0 bridgehead atoms. The van der Waals surface area contributed by atoms with Gasteiger partial charge in [-0.25, -0.2) is 9.37 Å². The number of anilines is 1. The van der Waals surface area contributed by atoms with Gasteiger partial charge in [0.2, 0.25) is 0 Å². The second kappa shape index (κ2) is 5.16. The highest BCUT2D eigenvalue weighted by molar-refractivity contribution is 9.10. The van der Waals surface area contributed by atoms with Gasteiger partial charge < -0.3 is 5.32 Å². The van der Waals surface area contributed by atoms with Crippen molar-refractivity contribution in [1.29, 1.82) is 0 Å². The third-order valence-electron chi connectivity index (χ3n) is 2.85. The highest BCUT2D eigenvalue weighted by atomic mass is 79.9. The van der Waals surface area contributed by atoms with Crippen LogP contribution in [0.5, 0.6) is 0 Å². The number of benzene rings is 1. The van der Waals surface area contributed by atoms with Crippen LogP contribution in [0.1, 0.15) is 11.3 Å². The number of nitrogens with one attached hydrogen (secondary N) is 1. The molecule has 3 rings (SSSR count). The first-order chi connectivity index (χ1) is 9.63. The summed E-state index contributed by atoms with van der Waals surface area (Å²) in [6.07, 6.45) is 1.45. The SMILES string of the molecule is Cc1cc(NCc2cc(F)ccc2Br)n2ncnc2n1. The monoisotopic (exact) mass is 335 g/mol. The molecular weight excluding hydrogens is 325 g/mol. The molecule has 0 unspecified atom stereocenters. The minimum absolute atomic E-state index is 0.262. The van der Waals surface area contributed by atoms with Crippen molar-refractivity contribution in [2.24, 2.45) is 0 Å². The van der Waals surface area contributed by atoms with Gasteiger partial charge in [-0.2, -0.15) is 14.6 Å². The van der Waals surface area contributed by atoms with E-state index >= 15 is 0 Å². The molecule has 7 heteroatoms. The van der Waals surface area contributed by atoms with Gasteiger partial charge in [0.05, 0.1) is 0 Å². The molecule has 20 heavy (non-hydrogen) atoms. The van der Waals surface area contributed by atoms with E-state index in [1.807, 2.05) is 13.0 Å². The van der Waals surface area contributed by atoms with Gasteiger partial charge in [0.1, 0.15) is 18.0 Å². The lowest BCUT2D eigenvalue weighted by atomic mass is 10.2. The maximum Gasteiger partial charge on any atom is 0.254 e. The van der Waals surface area contributed by atoms with Crippen molar-refractivity contribution in [3.05, 3.63) is 52.1 Å². The zero-order chi connectivity index (χ0) is 14.1. The molecule has 0 aliphatic rings. The summed E-state index contributed by atoms with van der Waals surface area (Å²) in [7, 11) is 0. The Morgan fingerprint density at radius 1 is 1.35 bits per heavy atom. The first-order valence-electron chi connectivity index (χ1n) is 5.98. The Kier molecular flexibility index (Phi) is 3.35. The van der Waals surface area contributed by atoms with Crippen LogP contribution >= 0.6 is 15.9 Å². The molecule has 0 radical (unpaired) electrons. The lowest BCUT2D eigenvalue weighted by molar-refractivity contribution is 0.625. The van der Waals surface area contributed by atoms with Gasteiger partial charge in [-0.15, -0.1) is 0 Å². The smallest absolute Gasteiger partial charge is 0.254 e. The van der Waals surface area contributed by atoms with Crippen LogP contribution in [0.25, 0.3) is 5.78 Å². The van der Waals surface area contributed by atoms with E-state index in [1.54, 1.807) is 10.6 Å². The van der Waals surface area contributed by atoms with E-state index in [-0.39, 0.29) is 5.82 Å². The fourth-order valence-corrected chi connectivity index (χ4v) is 2.31. The Morgan fingerprint density at radius 3 is 3.05 bits per heavy atom. The molecule has 0 aliphatic heterocycles. The molecule has 1 aromatic carbocycles. The van der Waals surface area contributed by atoms with Crippen molar-refractivity contribution in [1.82, 2.24) is 19.6 Å². The average Bonchev–Trinajstić information content (AvgIpc) is 2.87. The van der Waals surface area contributed by atoms with Gasteiger partial charge in [0, 0.05) is 22.8 Å². The highest BCUT2D eigenvalue weighted by Crippen LogP contribution is 2.19. The van der Waals surface area contributed by atoms with Crippen LogP contribution < -0.4 is 5.32 Å². The number of nitrogens with zero attached hydrogens (tertiary/aromatic N) is 4. The lowest BCUT2D eigenvalue weighted by Crippen LogP contribution is -2.07. The van der Waals surface area contributed by atoms with Crippen molar-refractivity contribution >= 4 is 27.5 Å². The summed E-state index contributed by atoms with van der Waals surface area (Å²) in [5.41, 5.74) is 1.67. The third kappa shape index (κ3) is 2.49. The molecule has 0 fully saturated rings. The van der Waals surface area contributed by atoms with Crippen molar-refractivity contribution < 1.29 is 4.39 Å². The van der Waals surface area contributed by atoms with Crippen LogP contribution in [0, 0.1) is 12.7 Å². The van der Waals surface area contributed by atoms with Crippen molar-refractivity contribution in [2.75, 3.05) is 5.32 Å². The molecule has 0 aliphatic carbocycles. The fourth-order valence-electron chi connectivity index (χ4n) is 1.92. The Morgan fingerprint density at radius 2 is 2.20 bits per heavy atom. The number of hydrogen-bond donors (Lipinski definition) is 1. The van der Waals surface area contributed by atoms with Crippen LogP contribution in [0.4, 0.5) is 10.2 Å².